The summed E-state index contributed by atoms with van der Waals surface area (Å²) in [5.74, 6) is 0.126. The summed E-state index contributed by atoms with van der Waals surface area (Å²) in [5, 5.41) is 12.8. The Morgan fingerprint density at radius 2 is 2.15 bits per heavy atom. The first-order chi connectivity index (χ1) is 9.27. The van der Waals surface area contributed by atoms with Gasteiger partial charge in [0.05, 0.1) is 6.10 Å². The highest BCUT2D eigenvalue weighted by Crippen LogP contribution is 2.32. The van der Waals surface area contributed by atoms with Gasteiger partial charge >= 0.3 is 0 Å². The van der Waals surface area contributed by atoms with Gasteiger partial charge in [0.1, 0.15) is 5.15 Å². The zero-order valence-electron chi connectivity index (χ0n) is 12.1. The van der Waals surface area contributed by atoms with Gasteiger partial charge in [-0.05, 0) is 30.9 Å². The average molecular weight is 297 g/mol. The van der Waals surface area contributed by atoms with E-state index in [4.69, 9.17) is 11.6 Å². The minimum Gasteiger partial charge on any atom is -0.391 e. The number of amides is 1. The number of carbonyl (C=O) groups excluding carboxylic acids is 1. The van der Waals surface area contributed by atoms with Gasteiger partial charge in [0, 0.05) is 23.2 Å². The third kappa shape index (κ3) is 3.93. The molecule has 0 bridgehead atoms. The summed E-state index contributed by atoms with van der Waals surface area (Å²) in [4.78, 5) is 16.4. The Hall–Kier alpha value is -1.13. The smallest absolute Gasteiger partial charge is 0.251 e. The molecule has 0 spiro atoms. The molecule has 0 radical (unpaired) electrons. The molecule has 0 aromatic carbocycles. The highest BCUT2D eigenvalue weighted by atomic mass is 35.5. The fourth-order valence-electron chi connectivity index (χ4n) is 1.96. The Labute approximate surface area is 124 Å². The molecule has 1 aliphatic rings. The van der Waals surface area contributed by atoms with Crippen LogP contribution in [-0.4, -0.2) is 28.6 Å². The minimum atomic E-state index is -0.446. The van der Waals surface area contributed by atoms with Crippen molar-refractivity contribution in [2.24, 2.45) is 5.92 Å². The van der Waals surface area contributed by atoms with Crippen LogP contribution in [0.3, 0.4) is 0 Å². The summed E-state index contributed by atoms with van der Waals surface area (Å²) in [7, 11) is 0. The van der Waals surface area contributed by atoms with Crippen LogP contribution >= 0.6 is 11.6 Å². The molecule has 1 aliphatic carbocycles. The number of nitrogens with one attached hydrogen (secondary N) is 1. The van der Waals surface area contributed by atoms with Crippen LogP contribution < -0.4 is 5.32 Å². The number of aromatic nitrogens is 1. The molecule has 0 saturated heterocycles. The summed E-state index contributed by atoms with van der Waals surface area (Å²) in [5.41, 5.74) is 1.09. The van der Waals surface area contributed by atoms with Crippen molar-refractivity contribution >= 4 is 17.5 Å². The van der Waals surface area contributed by atoms with Gasteiger partial charge < -0.3 is 10.4 Å². The first kappa shape index (κ1) is 15.3. The first-order valence-electron chi connectivity index (χ1n) is 6.91. The van der Waals surface area contributed by atoms with E-state index in [1.54, 1.807) is 12.1 Å². The summed E-state index contributed by atoms with van der Waals surface area (Å²) in [6.45, 7) is 6.34. The van der Waals surface area contributed by atoms with Crippen LogP contribution in [-0.2, 0) is 5.41 Å². The lowest BCUT2D eigenvalue weighted by Crippen LogP contribution is -2.33. The van der Waals surface area contributed by atoms with E-state index in [0.717, 1.165) is 18.5 Å². The van der Waals surface area contributed by atoms with Gasteiger partial charge in [-0.2, -0.15) is 0 Å². The summed E-state index contributed by atoms with van der Waals surface area (Å²) in [6, 6.07) is 3.31. The fraction of sp³-hybridized carbons (Fsp3) is 0.600. The third-order valence-corrected chi connectivity index (χ3v) is 3.66. The number of aliphatic hydroxyl groups excluding tert-OH is 1. The quantitative estimate of drug-likeness (QED) is 0.839. The number of aliphatic hydroxyl groups is 1. The second-order valence-corrected chi connectivity index (χ2v) is 6.82. The van der Waals surface area contributed by atoms with E-state index < -0.39 is 6.10 Å². The lowest BCUT2D eigenvalue weighted by atomic mass is 9.91. The highest BCUT2D eigenvalue weighted by Gasteiger charge is 2.29. The summed E-state index contributed by atoms with van der Waals surface area (Å²) >= 11 is 5.98. The van der Waals surface area contributed by atoms with Crippen LogP contribution in [0.15, 0.2) is 12.1 Å². The monoisotopic (exact) mass is 296 g/mol. The Morgan fingerprint density at radius 1 is 1.50 bits per heavy atom. The number of hydrogen-bond acceptors (Lipinski definition) is 3. The molecule has 4 nitrogen and oxygen atoms in total. The molecule has 1 atom stereocenters. The third-order valence-electron chi connectivity index (χ3n) is 3.46. The zero-order valence-corrected chi connectivity index (χ0v) is 12.9. The molecule has 1 heterocycles. The van der Waals surface area contributed by atoms with Gasteiger partial charge in [0.15, 0.2) is 0 Å². The lowest BCUT2D eigenvalue weighted by Gasteiger charge is -2.19. The van der Waals surface area contributed by atoms with Gasteiger partial charge in [-0.25, -0.2) is 4.98 Å². The maximum absolute atomic E-state index is 12.1. The molecule has 1 aromatic rings. The molecule has 1 aromatic heterocycles. The van der Waals surface area contributed by atoms with E-state index in [-0.39, 0.29) is 17.9 Å². The molecule has 20 heavy (non-hydrogen) atoms. The van der Waals surface area contributed by atoms with E-state index in [1.807, 2.05) is 20.8 Å². The largest absolute Gasteiger partial charge is 0.391 e. The van der Waals surface area contributed by atoms with E-state index in [9.17, 15) is 9.90 Å². The minimum absolute atomic E-state index is 0.173. The molecule has 110 valence electrons. The van der Waals surface area contributed by atoms with Crippen LogP contribution in [0.4, 0.5) is 0 Å². The van der Waals surface area contributed by atoms with Gasteiger partial charge in [-0.3, -0.25) is 4.79 Å². The second kappa shape index (κ2) is 5.70. The topological polar surface area (TPSA) is 62.2 Å². The first-order valence-corrected chi connectivity index (χ1v) is 7.29. The predicted octanol–water partition coefficient (Wildman–Crippen LogP) is 2.53. The van der Waals surface area contributed by atoms with Crippen molar-refractivity contribution in [3.05, 3.63) is 28.5 Å². The summed E-state index contributed by atoms with van der Waals surface area (Å²) in [6.07, 6.45) is 1.65. The van der Waals surface area contributed by atoms with Crippen LogP contribution in [0.5, 0.6) is 0 Å². The van der Waals surface area contributed by atoms with Crippen molar-refractivity contribution in [2.75, 3.05) is 6.54 Å². The van der Waals surface area contributed by atoms with E-state index in [2.05, 4.69) is 10.3 Å². The van der Waals surface area contributed by atoms with Crippen LogP contribution in [0.2, 0.25) is 5.15 Å². The van der Waals surface area contributed by atoms with Crippen LogP contribution in [0.25, 0.3) is 0 Å². The molecular formula is C15H21ClN2O2. The average Bonchev–Trinajstić information content (AvgIpc) is 3.17. The number of carbonyl (C=O) groups is 1. The number of hydrogen-bond donors (Lipinski definition) is 2. The molecule has 0 aliphatic heterocycles. The van der Waals surface area contributed by atoms with Gasteiger partial charge in [0.2, 0.25) is 0 Å². The van der Waals surface area contributed by atoms with E-state index >= 15 is 0 Å². The van der Waals surface area contributed by atoms with Crippen molar-refractivity contribution < 1.29 is 9.90 Å². The van der Waals surface area contributed by atoms with Gasteiger partial charge in [-0.1, -0.05) is 32.4 Å². The number of nitrogens with zero attached hydrogens (tertiary/aromatic N) is 1. The molecule has 1 unspecified atom stereocenters. The zero-order chi connectivity index (χ0) is 14.9. The Balaban J connectivity index is 2.06. The maximum atomic E-state index is 12.1. The molecule has 1 fully saturated rings. The summed E-state index contributed by atoms with van der Waals surface area (Å²) < 4.78 is 0. The predicted molar refractivity (Wildman–Crippen MR) is 79.0 cm³/mol. The van der Waals surface area contributed by atoms with Gasteiger partial charge in [-0.15, -0.1) is 0 Å². The fourth-order valence-corrected chi connectivity index (χ4v) is 2.17. The van der Waals surface area contributed by atoms with Crippen molar-refractivity contribution in [3.8, 4) is 0 Å². The molecule has 2 N–H and O–H groups in total. The van der Waals surface area contributed by atoms with Crippen molar-refractivity contribution in [1.82, 2.24) is 10.3 Å². The van der Waals surface area contributed by atoms with Gasteiger partial charge in [0.25, 0.3) is 5.91 Å². The van der Waals surface area contributed by atoms with Crippen molar-refractivity contribution in [1.29, 1.82) is 0 Å². The molecular weight excluding hydrogens is 276 g/mol. The lowest BCUT2D eigenvalue weighted by molar-refractivity contribution is 0.0901. The maximum Gasteiger partial charge on any atom is 0.251 e. The normalized spacial score (nSPS) is 16.9. The Kier molecular flexibility index (Phi) is 4.35. The van der Waals surface area contributed by atoms with Crippen molar-refractivity contribution in [3.63, 3.8) is 0 Å². The van der Waals surface area contributed by atoms with Crippen LogP contribution in [0.1, 0.15) is 49.7 Å². The SMILES string of the molecule is CC(C)(C)c1cc(C(=O)NCC(O)C2CC2)cc(Cl)n1. The van der Waals surface area contributed by atoms with Crippen LogP contribution in [0, 0.1) is 5.92 Å². The number of pyridine rings is 1. The standard InChI is InChI=1S/C15H21ClN2O2/c1-15(2,3)12-6-10(7-13(16)18-12)14(20)17-8-11(19)9-4-5-9/h6-7,9,11,19H,4-5,8H2,1-3H3,(H,17,20). The number of halogens is 1. The van der Waals surface area contributed by atoms with Crippen molar-refractivity contribution in [2.45, 2.75) is 45.1 Å². The molecule has 1 amide bonds. The Morgan fingerprint density at radius 3 is 2.70 bits per heavy atom. The van der Waals surface area contributed by atoms with E-state index in [0.29, 0.717) is 16.6 Å². The number of rotatable bonds is 4. The highest BCUT2D eigenvalue weighted by molar-refractivity contribution is 6.29. The molecule has 5 heteroatoms. The molecule has 2 rings (SSSR count). The van der Waals surface area contributed by atoms with E-state index in [1.165, 1.54) is 0 Å². The second-order valence-electron chi connectivity index (χ2n) is 6.43. The molecule has 1 saturated carbocycles. The Bertz CT molecular complexity index is 507.